The average molecular weight is 418 g/mol. The van der Waals surface area contributed by atoms with E-state index in [0.29, 0.717) is 24.7 Å². The molecule has 0 saturated carbocycles. The predicted molar refractivity (Wildman–Crippen MR) is 120 cm³/mol. The molecule has 2 N–H and O–H groups in total. The average Bonchev–Trinajstić information content (AvgIpc) is 3.13. The van der Waals surface area contributed by atoms with E-state index in [2.05, 4.69) is 15.6 Å². The van der Waals surface area contributed by atoms with Crippen LogP contribution in [-0.4, -0.2) is 34.9 Å². The van der Waals surface area contributed by atoms with Crippen LogP contribution in [0.2, 0.25) is 0 Å². The minimum atomic E-state index is -0.259. The molecule has 2 heterocycles. The number of rotatable bonds is 4. The van der Waals surface area contributed by atoms with Gasteiger partial charge in [-0.15, -0.1) is 0 Å². The fourth-order valence-electron chi connectivity index (χ4n) is 3.67. The highest BCUT2D eigenvalue weighted by Gasteiger charge is 2.28. The van der Waals surface area contributed by atoms with E-state index in [9.17, 15) is 9.59 Å². The van der Waals surface area contributed by atoms with Gasteiger partial charge in [-0.2, -0.15) is 0 Å². The first-order chi connectivity index (χ1) is 15.0. The third-order valence-corrected chi connectivity index (χ3v) is 5.51. The number of nitrogens with zero attached hydrogens (tertiary/aromatic N) is 2. The number of nitrogens with one attached hydrogen (secondary N) is 2. The largest absolute Gasteiger partial charge is 0.441 e. The molecule has 7 heteroatoms. The minimum Gasteiger partial charge on any atom is -0.441 e. The summed E-state index contributed by atoms with van der Waals surface area (Å²) in [7, 11) is 0. The Morgan fingerprint density at radius 3 is 2.55 bits per heavy atom. The second kappa shape index (κ2) is 9.04. The maximum Gasteiger partial charge on any atom is 0.321 e. The highest BCUT2D eigenvalue weighted by Crippen LogP contribution is 2.25. The number of oxazole rings is 1. The molecule has 0 aliphatic carbocycles. The molecule has 1 aliphatic rings. The first-order valence-corrected chi connectivity index (χ1v) is 10.5. The van der Waals surface area contributed by atoms with Gasteiger partial charge < -0.3 is 20.0 Å². The van der Waals surface area contributed by atoms with Gasteiger partial charge >= 0.3 is 6.03 Å². The lowest BCUT2D eigenvalue weighted by Gasteiger charge is -2.32. The van der Waals surface area contributed by atoms with E-state index >= 15 is 0 Å². The topological polar surface area (TPSA) is 87.5 Å². The van der Waals surface area contributed by atoms with Crippen molar-refractivity contribution >= 4 is 23.3 Å². The monoisotopic (exact) mass is 418 g/mol. The van der Waals surface area contributed by atoms with Gasteiger partial charge in [0.2, 0.25) is 11.8 Å². The molecule has 2 aromatic carbocycles. The summed E-state index contributed by atoms with van der Waals surface area (Å²) in [5.74, 6) is 0.965. The lowest BCUT2D eigenvalue weighted by atomic mass is 9.97. The quantitative estimate of drug-likeness (QED) is 0.635. The van der Waals surface area contributed by atoms with Crippen molar-refractivity contribution in [3.05, 3.63) is 66.1 Å². The van der Waals surface area contributed by atoms with Crippen LogP contribution >= 0.6 is 0 Å². The summed E-state index contributed by atoms with van der Waals surface area (Å²) in [5, 5.41) is 5.88. The molecular weight excluding hydrogens is 392 g/mol. The number of carbonyl (C=O) groups is 2. The summed E-state index contributed by atoms with van der Waals surface area (Å²) in [6.45, 7) is 4.81. The molecule has 160 valence electrons. The van der Waals surface area contributed by atoms with Crippen LogP contribution < -0.4 is 10.6 Å². The Kier molecular flexibility index (Phi) is 6.02. The zero-order valence-corrected chi connectivity index (χ0v) is 17.7. The van der Waals surface area contributed by atoms with E-state index in [-0.39, 0.29) is 17.9 Å². The second-order valence-electron chi connectivity index (χ2n) is 7.81. The van der Waals surface area contributed by atoms with Gasteiger partial charge in [0.15, 0.2) is 0 Å². The van der Waals surface area contributed by atoms with Crippen molar-refractivity contribution in [3.8, 4) is 11.5 Å². The predicted octanol–water partition coefficient (Wildman–Crippen LogP) is 4.84. The van der Waals surface area contributed by atoms with Gasteiger partial charge in [-0.05, 0) is 57.0 Å². The molecule has 7 nitrogen and oxygen atoms in total. The van der Waals surface area contributed by atoms with Crippen molar-refractivity contribution in [1.82, 2.24) is 9.88 Å². The molecule has 0 bridgehead atoms. The first kappa shape index (κ1) is 20.7. The number of anilines is 2. The normalized spacial score (nSPS) is 16.1. The Bertz CT molecular complexity index is 1060. The van der Waals surface area contributed by atoms with Crippen LogP contribution in [0.15, 0.2) is 59.0 Å². The molecule has 1 unspecified atom stereocenters. The van der Waals surface area contributed by atoms with Crippen LogP contribution in [0.5, 0.6) is 0 Å². The number of para-hydroxylation sites is 1. The van der Waals surface area contributed by atoms with E-state index in [1.54, 1.807) is 4.90 Å². The Morgan fingerprint density at radius 1 is 1.03 bits per heavy atom. The molecule has 3 amide bonds. The number of benzene rings is 2. The molecule has 1 aromatic heterocycles. The fourth-order valence-corrected chi connectivity index (χ4v) is 3.67. The number of likely N-dealkylation sites (tertiary alicyclic amines) is 1. The molecule has 1 saturated heterocycles. The van der Waals surface area contributed by atoms with Crippen molar-refractivity contribution < 1.29 is 14.0 Å². The third kappa shape index (κ3) is 4.94. The molecular formula is C24H26N4O3. The second-order valence-corrected chi connectivity index (χ2v) is 7.81. The number of hydrogen-bond acceptors (Lipinski definition) is 4. The summed E-state index contributed by atoms with van der Waals surface area (Å²) in [4.78, 5) is 31.6. The molecule has 1 fully saturated rings. The van der Waals surface area contributed by atoms with Crippen molar-refractivity contribution in [2.45, 2.75) is 26.7 Å². The van der Waals surface area contributed by atoms with Gasteiger partial charge in [0, 0.05) is 30.0 Å². The molecule has 31 heavy (non-hydrogen) atoms. The third-order valence-electron chi connectivity index (χ3n) is 5.51. The van der Waals surface area contributed by atoms with Crippen molar-refractivity contribution in [1.29, 1.82) is 0 Å². The zero-order valence-electron chi connectivity index (χ0n) is 17.7. The number of urea groups is 1. The molecule has 0 radical (unpaired) electrons. The van der Waals surface area contributed by atoms with E-state index in [1.165, 1.54) is 0 Å². The van der Waals surface area contributed by atoms with Gasteiger partial charge in [-0.3, -0.25) is 4.79 Å². The van der Waals surface area contributed by atoms with Crippen molar-refractivity contribution in [3.63, 3.8) is 0 Å². The van der Waals surface area contributed by atoms with Crippen LogP contribution in [0, 0.1) is 19.8 Å². The van der Waals surface area contributed by atoms with Gasteiger partial charge in [0.25, 0.3) is 0 Å². The highest BCUT2D eigenvalue weighted by atomic mass is 16.4. The molecule has 1 aliphatic heterocycles. The molecule has 3 aromatic rings. The van der Waals surface area contributed by atoms with Crippen molar-refractivity contribution in [2.24, 2.45) is 5.92 Å². The molecule has 1 atom stereocenters. The molecule has 0 spiro atoms. The maximum atomic E-state index is 12.9. The molecule has 4 rings (SSSR count). The van der Waals surface area contributed by atoms with E-state index in [4.69, 9.17) is 4.42 Å². The zero-order chi connectivity index (χ0) is 21.8. The smallest absolute Gasteiger partial charge is 0.321 e. The first-order valence-electron chi connectivity index (χ1n) is 10.5. The van der Waals surface area contributed by atoms with Crippen LogP contribution in [0.3, 0.4) is 0 Å². The van der Waals surface area contributed by atoms with Crippen LogP contribution in [-0.2, 0) is 4.79 Å². The van der Waals surface area contributed by atoms with Gasteiger partial charge in [0.05, 0.1) is 11.6 Å². The standard InChI is InChI=1S/C24H26N4O3/c1-16-17(2)31-23(25-16)18-8-6-12-21(14-18)26-22(29)19-9-7-13-28(15-19)24(30)27-20-10-4-3-5-11-20/h3-6,8,10-12,14,19H,7,9,13,15H2,1-2H3,(H,26,29)(H,27,30). The van der Waals surface area contributed by atoms with Gasteiger partial charge in [-0.25, -0.2) is 9.78 Å². The summed E-state index contributed by atoms with van der Waals surface area (Å²) in [6, 6.07) is 16.6. The van der Waals surface area contributed by atoms with Crippen LogP contribution in [0.1, 0.15) is 24.3 Å². The Balaban J connectivity index is 1.39. The van der Waals surface area contributed by atoms with E-state index in [1.807, 2.05) is 68.4 Å². The summed E-state index contributed by atoms with van der Waals surface area (Å²) in [5.41, 5.74) is 3.08. The van der Waals surface area contributed by atoms with E-state index in [0.717, 1.165) is 35.5 Å². The van der Waals surface area contributed by atoms with E-state index < -0.39 is 0 Å². The summed E-state index contributed by atoms with van der Waals surface area (Å²) < 4.78 is 5.69. The fraction of sp³-hybridized carbons (Fsp3) is 0.292. The number of aromatic nitrogens is 1. The Morgan fingerprint density at radius 2 is 1.81 bits per heavy atom. The lowest BCUT2D eigenvalue weighted by Crippen LogP contribution is -2.45. The Hall–Kier alpha value is -3.61. The van der Waals surface area contributed by atoms with Gasteiger partial charge in [0.1, 0.15) is 5.76 Å². The SMILES string of the molecule is Cc1nc(-c2cccc(NC(=O)C3CCCN(C(=O)Nc4ccccc4)C3)c2)oc1C. The number of piperidine rings is 1. The van der Waals surface area contributed by atoms with Crippen molar-refractivity contribution in [2.75, 3.05) is 23.7 Å². The lowest BCUT2D eigenvalue weighted by molar-refractivity contribution is -0.121. The number of hydrogen-bond donors (Lipinski definition) is 2. The Labute approximate surface area is 181 Å². The maximum absolute atomic E-state index is 12.9. The number of aryl methyl sites for hydroxylation is 2. The number of amides is 3. The summed E-state index contributed by atoms with van der Waals surface area (Å²) in [6.07, 6.45) is 1.54. The minimum absolute atomic E-state index is 0.0888. The van der Waals surface area contributed by atoms with Crippen LogP contribution in [0.25, 0.3) is 11.5 Å². The summed E-state index contributed by atoms with van der Waals surface area (Å²) >= 11 is 0. The highest BCUT2D eigenvalue weighted by molar-refractivity contribution is 5.94. The number of carbonyl (C=O) groups excluding carboxylic acids is 2. The van der Waals surface area contributed by atoms with Gasteiger partial charge in [-0.1, -0.05) is 24.3 Å². The van der Waals surface area contributed by atoms with Crippen LogP contribution in [0.4, 0.5) is 16.2 Å².